The number of hydrogen-bond acceptors (Lipinski definition) is 6. The first kappa shape index (κ1) is 20.0. The van der Waals surface area contributed by atoms with Gasteiger partial charge in [0.25, 0.3) is 17.7 Å². The van der Waals surface area contributed by atoms with Crippen molar-refractivity contribution in [2.24, 2.45) is 0 Å². The molecule has 1 N–H and O–H groups in total. The van der Waals surface area contributed by atoms with Gasteiger partial charge in [0.2, 0.25) is 0 Å². The lowest BCUT2D eigenvalue weighted by atomic mass is 10.1. The molecular weight excluding hydrogens is 398 g/mol. The molecular formula is C23H17N3O5. The fourth-order valence-electron chi connectivity index (χ4n) is 3.19. The lowest BCUT2D eigenvalue weighted by Gasteiger charge is -2.15. The summed E-state index contributed by atoms with van der Waals surface area (Å²) in [4.78, 5) is 54.8. The van der Waals surface area contributed by atoms with Crippen molar-refractivity contribution in [3.8, 4) is 0 Å². The van der Waals surface area contributed by atoms with Gasteiger partial charge in [0, 0.05) is 6.20 Å². The summed E-state index contributed by atoms with van der Waals surface area (Å²) in [5.41, 5.74) is 1.74. The van der Waals surface area contributed by atoms with Crippen LogP contribution in [0.4, 0.5) is 11.5 Å². The van der Waals surface area contributed by atoms with Gasteiger partial charge >= 0.3 is 5.97 Å². The molecule has 2 aromatic carbocycles. The minimum Gasteiger partial charge on any atom is -0.452 e. The Kier molecular flexibility index (Phi) is 5.28. The average molecular weight is 415 g/mol. The Labute approximate surface area is 177 Å². The molecule has 2 heterocycles. The lowest BCUT2D eigenvalue weighted by molar-refractivity contribution is -0.119. The topological polar surface area (TPSA) is 106 Å². The first-order valence-corrected chi connectivity index (χ1v) is 9.42. The number of amides is 3. The summed E-state index contributed by atoms with van der Waals surface area (Å²) >= 11 is 0. The number of ether oxygens (including phenoxy) is 1. The van der Waals surface area contributed by atoms with E-state index in [-0.39, 0.29) is 11.3 Å². The Balaban J connectivity index is 1.44. The van der Waals surface area contributed by atoms with E-state index in [0.29, 0.717) is 16.9 Å². The summed E-state index contributed by atoms with van der Waals surface area (Å²) in [5.74, 6) is -1.83. The Morgan fingerprint density at radius 2 is 1.68 bits per heavy atom. The SMILES string of the molecule is Cc1cccnc1NC(=O)COC(=O)c1cccc(N2C(=O)c3ccccc3C2=O)c1. The first-order chi connectivity index (χ1) is 15.0. The van der Waals surface area contributed by atoms with Crippen LogP contribution in [0.25, 0.3) is 0 Å². The van der Waals surface area contributed by atoms with Gasteiger partial charge in [0.1, 0.15) is 5.82 Å². The monoisotopic (exact) mass is 415 g/mol. The molecule has 0 atom stereocenters. The predicted octanol–water partition coefficient (Wildman–Crippen LogP) is 2.99. The van der Waals surface area contributed by atoms with Gasteiger partial charge in [0.15, 0.2) is 6.61 Å². The molecule has 4 rings (SSSR count). The molecule has 0 unspecified atom stereocenters. The van der Waals surface area contributed by atoms with Crippen LogP contribution in [0.15, 0.2) is 66.9 Å². The molecule has 0 fully saturated rings. The largest absolute Gasteiger partial charge is 0.452 e. The summed E-state index contributed by atoms with van der Waals surface area (Å²) in [6.07, 6.45) is 1.54. The van der Waals surface area contributed by atoms with Crippen LogP contribution in [-0.2, 0) is 9.53 Å². The molecule has 8 nitrogen and oxygen atoms in total. The second-order valence-corrected chi connectivity index (χ2v) is 6.83. The highest BCUT2D eigenvalue weighted by Crippen LogP contribution is 2.28. The van der Waals surface area contributed by atoms with Gasteiger partial charge in [-0.3, -0.25) is 14.4 Å². The Morgan fingerprint density at radius 1 is 0.968 bits per heavy atom. The van der Waals surface area contributed by atoms with Crippen molar-refractivity contribution in [3.63, 3.8) is 0 Å². The third-order valence-corrected chi connectivity index (χ3v) is 4.74. The van der Waals surface area contributed by atoms with Crippen LogP contribution >= 0.6 is 0 Å². The number of nitrogens with zero attached hydrogens (tertiary/aromatic N) is 2. The number of hydrogen-bond donors (Lipinski definition) is 1. The summed E-state index contributed by atoms with van der Waals surface area (Å²) < 4.78 is 5.07. The van der Waals surface area contributed by atoms with E-state index in [2.05, 4.69) is 10.3 Å². The van der Waals surface area contributed by atoms with Gasteiger partial charge in [-0.15, -0.1) is 0 Å². The van der Waals surface area contributed by atoms with E-state index in [1.165, 1.54) is 18.2 Å². The molecule has 0 saturated heterocycles. The number of esters is 1. The summed E-state index contributed by atoms with van der Waals surface area (Å²) in [7, 11) is 0. The van der Waals surface area contributed by atoms with Gasteiger partial charge in [-0.25, -0.2) is 14.7 Å². The van der Waals surface area contributed by atoms with E-state index in [1.54, 1.807) is 55.6 Å². The van der Waals surface area contributed by atoms with E-state index in [1.807, 2.05) is 0 Å². The van der Waals surface area contributed by atoms with Gasteiger partial charge in [-0.1, -0.05) is 24.3 Å². The van der Waals surface area contributed by atoms with Gasteiger partial charge < -0.3 is 10.1 Å². The van der Waals surface area contributed by atoms with Crippen molar-refractivity contribution in [1.82, 2.24) is 4.98 Å². The van der Waals surface area contributed by atoms with Crippen LogP contribution in [0.2, 0.25) is 0 Å². The summed E-state index contributed by atoms with van der Waals surface area (Å²) in [6, 6.07) is 16.0. The fourth-order valence-corrected chi connectivity index (χ4v) is 3.19. The molecule has 0 spiro atoms. The van der Waals surface area contributed by atoms with Gasteiger partial charge in [-0.2, -0.15) is 0 Å². The molecule has 3 aromatic rings. The van der Waals surface area contributed by atoms with Crippen LogP contribution in [0.5, 0.6) is 0 Å². The molecule has 0 bridgehead atoms. The standard InChI is InChI=1S/C23H17N3O5/c1-14-6-5-11-24-20(14)25-19(27)13-31-23(30)15-7-4-8-16(12-15)26-21(28)17-9-2-3-10-18(17)22(26)29/h2-12H,13H2,1H3,(H,24,25,27). The molecule has 31 heavy (non-hydrogen) atoms. The van der Waals surface area contributed by atoms with Crippen LogP contribution in [0, 0.1) is 6.92 Å². The van der Waals surface area contributed by atoms with Crippen LogP contribution < -0.4 is 10.2 Å². The number of benzene rings is 2. The number of anilines is 2. The third-order valence-electron chi connectivity index (χ3n) is 4.74. The number of pyridine rings is 1. The second-order valence-electron chi connectivity index (χ2n) is 6.83. The van der Waals surface area contributed by atoms with Crippen molar-refractivity contribution < 1.29 is 23.9 Å². The van der Waals surface area contributed by atoms with Crippen LogP contribution in [0.3, 0.4) is 0 Å². The van der Waals surface area contributed by atoms with Crippen molar-refractivity contribution >= 4 is 35.2 Å². The van der Waals surface area contributed by atoms with Gasteiger partial charge in [0.05, 0.1) is 22.4 Å². The van der Waals surface area contributed by atoms with E-state index in [9.17, 15) is 19.2 Å². The molecule has 0 saturated carbocycles. The maximum absolute atomic E-state index is 12.6. The number of carbonyl (C=O) groups excluding carboxylic acids is 4. The Morgan fingerprint density at radius 3 is 2.35 bits per heavy atom. The number of nitrogens with one attached hydrogen (secondary N) is 1. The van der Waals surface area contributed by atoms with Crippen molar-refractivity contribution in [2.75, 3.05) is 16.8 Å². The van der Waals surface area contributed by atoms with E-state index >= 15 is 0 Å². The molecule has 1 aromatic heterocycles. The van der Waals surface area contributed by atoms with Gasteiger partial charge in [-0.05, 0) is 48.9 Å². The number of aromatic nitrogens is 1. The number of rotatable bonds is 5. The fraction of sp³-hybridized carbons (Fsp3) is 0.0870. The zero-order valence-corrected chi connectivity index (χ0v) is 16.5. The number of carbonyl (C=O) groups is 4. The zero-order chi connectivity index (χ0) is 22.0. The summed E-state index contributed by atoms with van der Waals surface area (Å²) in [5, 5.41) is 2.57. The van der Waals surface area contributed by atoms with Crippen LogP contribution in [-0.4, -0.2) is 35.3 Å². The number of aryl methyl sites for hydroxylation is 1. The predicted molar refractivity (Wildman–Crippen MR) is 112 cm³/mol. The highest BCUT2D eigenvalue weighted by Gasteiger charge is 2.36. The molecule has 8 heteroatoms. The number of imide groups is 1. The molecule has 0 radical (unpaired) electrons. The molecule has 154 valence electrons. The normalized spacial score (nSPS) is 12.5. The van der Waals surface area contributed by atoms with E-state index < -0.39 is 30.3 Å². The maximum atomic E-state index is 12.6. The number of fused-ring (bicyclic) bond motifs is 1. The lowest BCUT2D eigenvalue weighted by Crippen LogP contribution is -2.29. The van der Waals surface area contributed by atoms with Crippen molar-refractivity contribution in [3.05, 3.63) is 89.1 Å². The zero-order valence-electron chi connectivity index (χ0n) is 16.5. The molecule has 3 amide bonds. The highest BCUT2D eigenvalue weighted by molar-refractivity contribution is 6.34. The molecule has 1 aliphatic rings. The van der Waals surface area contributed by atoms with E-state index in [0.717, 1.165) is 10.5 Å². The third kappa shape index (κ3) is 3.91. The Hall–Kier alpha value is -4.33. The van der Waals surface area contributed by atoms with Crippen molar-refractivity contribution in [2.45, 2.75) is 6.92 Å². The van der Waals surface area contributed by atoms with Crippen LogP contribution in [0.1, 0.15) is 36.6 Å². The second kappa shape index (κ2) is 8.19. The quantitative estimate of drug-likeness (QED) is 0.507. The molecule has 0 aliphatic carbocycles. The maximum Gasteiger partial charge on any atom is 0.338 e. The van der Waals surface area contributed by atoms with E-state index in [4.69, 9.17) is 4.74 Å². The summed E-state index contributed by atoms with van der Waals surface area (Å²) in [6.45, 7) is 1.28. The van der Waals surface area contributed by atoms with Crippen molar-refractivity contribution in [1.29, 1.82) is 0 Å². The molecule has 1 aliphatic heterocycles. The average Bonchev–Trinajstić information content (AvgIpc) is 3.04. The Bertz CT molecular complexity index is 1190. The minimum atomic E-state index is -0.758. The highest BCUT2D eigenvalue weighted by atomic mass is 16.5. The first-order valence-electron chi connectivity index (χ1n) is 9.42. The smallest absolute Gasteiger partial charge is 0.338 e. The minimum absolute atomic E-state index is 0.107.